The minimum Gasteiger partial charge on any atom is -0.507 e. The molecule has 1 aliphatic rings. The number of aromatic hydroxyl groups is 1. The monoisotopic (exact) mass is 471 g/mol. The van der Waals surface area contributed by atoms with Crippen molar-refractivity contribution in [2.45, 2.75) is 38.1 Å². The van der Waals surface area contributed by atoms with Gasteiger partial charge in [0.25, 0.3) is 0 Å². The van der Waals surface area contributed by atoms with Crippen LogP contribution in [0.4, 0.5) is 5.69 Å². The number of aliphatic hydroxyl groups excluding tert-OH is 2. The van der Waals surface area contributed by atoms with Crippen molar-refractivity contribution in [1.29, 1.82) is 0 Å². The molecule has 6 N–H and O–H groups in total. The SMILES string of the molecule is C[C@H]1C/C=C\C(=O)[C@@H](O)[C@@H](O)C/C=C/c2cc(NCCOP(=O)(O)O)cc(O)c2C(=O)O1. The molecule has 0 radical (unpaired) electrons. The Hall–Kier alpha value is -2.53. The Balaban J connectivity index is 2.32. The Morgan fingerprint density at radius 3 is 2.53 bits per heavy atom. The summed E-state index contributed by atoms with van der Waals surface area (Å²) in [5, 5.41) is 33.2. The number of hydrogen-bond donors (Lipinski definition) is 6. The third kappa shape index (κ3) is 7.86. The molecule has 0 fully saturated rings. The summed E-state index contributed by atoms with van der Waals surface area (Å²) in [5.41, 5.74) is 0.416. The average molecular weight is 471 g/mol. The van der Waals surface area contributed by atoms with Gasteiger partial charge in [-0.05, 0) is 31.1 Å². The van der Waals surface area contributed by atoms with E-state index in [-0.39, 0.29) is 37.1 Å². The summed E-state index contributed by atoms with van der Waals surface area (Å²) in [4.78, 5) is 42.0. The van der Waals surface area contributed by atoms with E-state index < -0.39 is 43.6 Å². The van der Waals surface area contributed by atoms with Gasteiger partial charge in [0.2, 0.25) is 0 Å². The van der Waals surface area contributed by atoms with Crippen LogP contribution < -0.4 is 5.32 Å². The highest BCUT2D eigenvalue weighted by Crippen LogP contribution is 2.35. The topological polar surface area (TPSA) is 183 Å². The molecular weight excluding hydrogens is 445 g/mol. The highest BCUT2D eigenvalue weighted by Gasteiger charge is 2.23. The number of aliphatic hydroxyl groups is 2. The number of phenols is 1. The first kappa shape index (κ1) is 25.7. The molecule has 0 aromatic heterocycles. The number of phosphoric acid groups is 1. The molecule has 0 amide bonds. The summed E-state index contributed by atoms with van der Waals surface area (Å²) in [6.45, 7) is 1.27. The molecule has 0 saturated carbocycles. The Morgan fingerprint density at radius 2 is 1.84 bits per heavy atom. The number of fused-ring (bicyclic) bond motifs is 1. The van der Waals surface area contributed by atoms with Crippen molar-refractivity contribution >= 4 is 31.3 Å². The van der Waals surface area contributed by atoms with Gasteiger partial charge < -0.3 is 35.2 Å². The molecule has 0 saturated heterocycles. The summed E-state index contributed by atoms with van der Waals surface area (Å²) >= 11 is 0. The Kier molecular flexibility index (Phi) is 9.14. The number of hydrogen-bond acceptors (Lipinski definition) is 9. The molecule has 0 spiro atoms. The molecule has 3 atom stereocenters. The number of phosphoric ester groups is 1. The highest BCUT2D eigenvalue weighted by molar-refractivity contribution is 7.46. The number of nitrogens with one attached hydrogen (secondary N) is 1. The fourth-order valence-corrected chi connectivity index (χ4v) is 3.21. The maximum absolute atomic E-state index is 12.6. The van der Waals surface area contributed by atoms with Crippen LogP contribution in [-0.4, -0.2) is 68.3 Å². The van der Waals surface area contributed by atoms with E-state index in [1.807, 2.05) is 0 Å². The summed E-state index contributed by atoms with van der Waals surface area (Å²) in [7, 11) is -4.61. The molecule has 1 aromatic carbocycles. The average Bonchev–Trinajstić information content (AvgIpc) is 2.68. The van der Waals surface area contributed by atoms with Crippen LogP contribution in [0.25, 0.3) is 6.08 Å². The molecule has 11 nitrogen and oxygen atoms in total. The normalized spacial score (nSPS) is 24.7. The van der Waals surface area contributed by atoms with Crippen molar-refractivity contribution in [2.24, 2.45) is 0 Å². The quantitative estimate of drug-likeness (QED) is 0.205. The van der Waals surface area contributed by atoms with E-state index in [1.54, 1.807) is 6.92 Å². The number of carbonyl (C=O) groups excluding carboxylic acids is 2. The van der Waals surface area contributed by atoms with E-state index in [0.717, 1.165) is 6.08 Å². The predicted molar refractivity (Wildman–Crippen MR) is 114 cm³/mol. The largest absolute Gasteiger partial charge is 0.507 e. The van der Waals surface area contributed by atoms with E-state index in [1.165, 1.54) is 30.4 Å². The van der Waals surface area contributed by atoms with Crippen LogP contribution in [0, 0.1) is 0 Å². The number of ether oxygens (including phenoxy) is 1. The molecule has 0 aliphatic carbocycles. The summed E-state index contributed by atoms with van der Waals surface area (Å²) in [5.74, 6) is -1.88. The van der Waals surface area contributed by atoms with Gasteiger partial charge in [-0.25, -0.2) is 9.36 Å². The molecule has 12 heteroatoms. The van der Waals surface area contributed by atoms with Gasteiger partial charge in [0.15, 0.2) is 5.78 Å². The number of cyclic esters (lactones) is 1. The van der Waals surface area contributed by atoms with Gasteiger partial charge in [-0.1, -0.05) is 18.2 Å². The number of rotatable bonds is 5. The zero-order chi connectivity index (χ0) is 23.9. The van der Waals surface area contributed by atoms with Gasteiger partial charge in [0.05, 0.1) is 12.7 Å². The third-order valence-electron chi connectivity index (χ3n) is 4.43. The molecular formula is C20H26NO10P. The predicted octanol–water partition coefficient (Wildman–Crippen LogP) is 1.11. The van der Waals surface area contributed by atoms with Crippen LogP contribution in [0.3, 0.4) is 0 Å². The lowest BCUT2D eigenvalue weighted by Gasteiger charge is -2.17. The molecule has 176 valence electrons. The molecule has 32 heavy (non-hydrogen) atoms. The number of phenolic OH excluding ortho intramolecular Hbond substituents is 1. The standard InChI is InChI=1S/C20H26NO10P/c1-12-4-2-6-15(22)19(25)16(23)7-3-5-13-10-14(21-8-9-30-32(27,28)29)11-17(24)18(13)20(26)31-12/h2-3,5-6,10-12,16,19,21,23-25H,4,7-9H2,1H3,(H2,27,28,29)/b5-3+,6-2-/t12-,16-,19+/m0/s1. The molecule has 1 heterocycles. The van der Waals surface area contributed by atoms with Crippen molar-refractivity contribution in [3.8, 4) is 5.75 Å². The third-order valence-corrected chi connectivity index (χ3v) is 4.95. The molecule has 1 aromatic rings. The Morgan fingerprint density at radius 1 is 1.16 bits per heavy atom. The van der Waals surface area contributed by atoms with E-state index in [2.05, 4.69) is 9.84 Å². The van der Waals surface area contributed by atoms with Gasteiger partial charge in [-0.15, -0.1) is 0 Å². The zero-order valence-corrected chi connectivity index (χ0v) is 18.1. The van der Waals surface area contributed by atoms with Crippen molar-refractivity contribution in [1.82, 2.24) is 0 Å². The first-order valence-corrected chi connectivity index (χ1v) is 11.3. The number of anilines is 1. The number of ketones is 1. The first-order valence-electron chi connectivity index (χ1n) is 9.73. The van der Waals surface area contributed by atoms with Crippen molar-refractivity contribution in [2.75, 3.05) is 18.5 Å². The first-order chi connectivity index (χ1) is 15.0. The zero-order valence-electron chi connectivity index (χ0n) is 17.2. The van der Waals surface area contributed by atoms with Gasteiger partial charge in [-0.2, -0.15) is 0 Å². The number of esters is 1. The fraction of sp³-hybridized carbons (Fsp3) is 0.400. The van der Waals surface area contributed by atoms with Crippen molar-refractivity contribution in [3.05, 3.63) is 41.5 Å². The fourth-order valence-electron chi connectivity index (χ4n) is 2.88. The second kappa shape index (κ2) is 11.4. The Bertz CT molecular complexity index is 939. The molecule has 1 aliphatic heterocycles. The van der Waals surface area contributed by atoms with E-state index >= 15 is 0 Å². The van der Waals surface area contributed by atoms with Crippen LogP contribution in [0.15, 0.2) is 30.4 Å². The van der Waals surface area contributed by atoms with Gasteiger partial charge in [0.1, 0.15) is 23.5 Å². The summed E-state index contributed by atoms with van der Waals surface area (Å²) < 4.78 is 20.4. The lowest BCUT2D eigenvalue weighted by Crippen LogP contribution is -2.32. The Labute approximate surface area is 184 Å². The van der Waals surface area contributed by atoms with Crippen LogP contribution in [0.5, 0.6) is 5.75 Å². The maximum Gasteiger partial charge on any atom is 0.469 e. The lowest BCUT2D eigenvalue weighted by molar-refractivity contribution is -0.127. The second-order valence-electron chi connectivity index (χ2n) is 7.12. The van der Waals surface area contributed by atoms with Gasteiger partial charge >= 0.3 is 13.8 Å². The van der Waals surface area contributed by atoms with Gasteiger partial charge in [-0.3, -0.25) is 9.32 Å². The molecule has 0 unspecified atom stereocenters. The molecule has 2 rings (SSSR count). The molecule has 0 bridgehead atoms. The smallest absolute Gasteiger partial charge is 0.469 e. The lowest BCUT2D eigenvalue weighted by atomic mass is 10.0. The van der Waals surface area contributed by atoms with Crippen molar-refractivity contribution < 1.29 is 48.5 Å². The van der Waals surface area contributed by atoms with E-state index in [9.17, 15) is 29.5 Å². The van der Waals surface area contributed by atoms with Crippen LogP contribution in [0.1, 0.15) is 35.7 Å². The highest BCUT2D eigenvalue weighted by atomic mass is 31.2. The summed E-state index contributed by atoms with van der Waals surface area (Å²) in [6.07, 6.45) is 1.80. The number of benzene rings is 1. The summed E-state index contributed by atoms with van der Waals surface area (Å²) in [6, 6.07) is 2.73. The van der Waals surface area contributed by atoms with Crippen molar-refractivity contribution in [3.63, 3.8) is 0 Å². The van der Waals surface area contributed by atoms with Crippen LogP contribution in [0.2, 0.25) is 0 Å². The van der Waals surface area contributed by atoms with E-state index in [0.29, 0.717) is 5.69 Å². The second-order valence-corrected chi connectivity index (χ2v) is 8.36. The van der Waals surface area contributed by atoms with Crippen LogP contribution >= 0.6 is 7.82 Å². The van der Waals surface area contributed by atoms with Gasteiger partial charge in [0, 0.05) is 24.7 Å². The van der Waals surface area contributed by atoms with Crippen LogP contribution in [-0.2, 0) is 18.6 Å². The number of carbonyl (C=O) groups is 2. The van der Waals surface area contributed by atoms with E-state index in [4.69, 9.17) is 14.5 Å². The minimum atomic E-state index is -4.61. The maximum atomic E-state index is 12.6. The minimum absolute atomic E-state index is 0.00607.